The first-order chi connectivity index (χ1) is 9.50. The molecule has 0 aromatic heterocycles. The third-order valence-electron chi connectivity index (χ3n) is 3.48. The minimum Gasteiger partial charge on any atom is -0.384 e. The number of nitrogens with one attached hydrogen (secondary N) is 2. The summed E-state index contributed by atoms with van der Waals surface area (Å²) in [5, 5.41) is 6.04. The van der Waals surface area contributed by atoms with Crippen molar-refractivity contribution in [2.75, 3.05) is 26.0 Å². The van der Waals surface area contributed by atoms with E-state index in [1.165, 1.54) is 4.90 Å². The van der Waals surface area contributed by atoms with E-state index < -0.39 is 6.04 Å². The lowest BCUT2D eigenvalue weighted by Gasteiger charge is -2.22. The second-order valence-corrected chi connectivity index (χ2v) is 5.30. The number of aryl methyl sites for hydroxylation is 1. The fourth-order valence-electron chi connectivity index (χ4n) is 2.42. The molecule has 2 rings (SSSR count). The van der Waals surface area contributed by atoms with Gasteiger partial charge in [-0.1, -0.05) is 12.1 Å². The van der Waals surface area contributed by atoms with Gasteiger partial charge in [0.2, 0.25) is 5.91 Å². The monoisotopic (exact) mass is 275 g/mol. The lowest BCUT2D eigenvalue weighted by molar-refractivity contribution is -0.130. The largest absolute Gasteiger partial charge is 0.384 e. The van der Waals surface area contributed by atoms with Crippen LogP contribution in [0.25, 0.3) is 0 Å². The normalized spacial score (nSPS) is 14.8. The summed E-state index contributed by atoms with van der Waals surface area (Å²) in [4.78, 5) is 25.6. The molecule has 1 aliphatic heterocycles. The van der Waals surface area contributed by atoms with E-state index >= 15 is 0 Å². The average molecular weight is 275 g/mol. The van der Waals surface area contributed by atoms with Gasteiger partial charge in [-0.3, -0.25) is 9.59 Å². The summed E-state index contributed by atoms with van der Waals surface area (Å²) in [6.07, 6.45) is 2.06. The first kappa shape index (κ1) is 14.4. The maximum absolute atomic E-state index is 12.3. The number of benzene rings is 1. The molecule has 0 saturated heterocycles. The van der Waals surface area contributed by atoms with Gasteiger partial charge in [0, 0.05) is 20.6 Å². The van der Waals surface area contributed by atoms with Gasteiger partial charge in [0.1, 0.15) is 6.04 Å². The van der Waals surface area contributed by atoms with Crippen molar-refractivity contribution in [3.63, 3.8) is 0 Å². The predicted octanol–water partition coefficient (Wildman–Crippen LogP) is 1.25. The molecule has 0 radical (unpaired) electrons. The summed E-state index contributed by atoms with van der Waals surface area (Å²) in [7, 11) is 3.36. The molecule has 0 saturated carbocycles. The molecular formula is C15H21N3O2. The molecule has 1 unspecified atom stereocenters. The number of amides is 2. The smallest absolute Gasteiger partial charge is 0.254 e. The third kappa shape index (κ3) is 2.92. The molecule has 0 spiro atoms. The van der Waals surface area contributed by atoms with Crippen molar-refractivity contribution >= 4 is 17.5 Å². The Morgan fingerprint density at radius 1 is 1.35 bits per heavy atom. The maximum Gasteiger partial charge on any atom is 0.254 e. The van der Waals surface area contributed by atoms with Crippen molar-refractivity contribution < 1.29 is 9.59 Å². The average Bonchev–Trinajstić information content (AvgIpc) is 2.45. The van der Waals surface area contributed by atoms with Crippen LogP contribution in [0.5, 0.6) is 0 Å². The number of carbonyl (C=O) groups is 2. The molecule has 1 aliphatic rings. The topological polar surface area (TPSA) is 61.4 Å². The number of likely N-dealkylation sites (N-methyl/N-ethyl adjacent to an activating group) is 1. The Morgan fingerprint density at radius 2 is 2.10 bits per heavy atom. The third-order valence-corrected chi connectivity index (χ3v) is 3.48. The lowest BCUT2D eigenvalue weighted by Crippen LogP contribution is -2.44. The number of para-hydroxylation sites is 1. The number of hydrogen-bond acceptors (Lipinski definition) is 3. The second-order valence-electron chi connectivity index (χ2n) is 5.30. The molecule has 20 heavy (non-hydrogen) atoms. The van der Waals surface area contributed by atoms with Gasteiger partial charge < -0.3 is 15.5 Å². The van der Waals surface area contributed by atoms with Crippen molar-refractivity contribution in [1.82, 2.24) is 10.2 Å². The van der Waals surface area contributed by atoms with Gasteiger partial charge >= 0.3 is 0 Å². The highest BCUT2D eigenvalue weighted by Crippen LogP contribution is 2.25. The van der Waals surface area contributed by atoms with E-state index in [4.69, 9.17) is 0 Å². The number of anilines is 1. The zero-order valence-corrected chi connectivity index (χ0v) is 12.2. The number of hydrogen-bond donors (Lipinski definition) is 2. The molecule has 1 heterocycles. The van der Waals surface area contributed by atoms with Crippen molar-refractivity contribution in [2.24, 2.45) is 0 Å². The number of nitrogens with zero attached hydrogens (tertiary/aromatic N) is 1. The van der Waals surface area contributed by atoms with Crippen LogP contribution < -0.4 is 10.6 Å². The van der Waals surface area contributed by atoms with Gasteiger partial charge in [0.05, 0.1) is 11.3 Å². The van der Waals surface area contributed by atoms with Gasteiger partial charge in [-0.2, -0.15) is 0 Å². The molecule has 5 nitrogen and oxygen atoms in total. The summed E-state index contributed by atoms with van der Waals surface area (Å²) >= 11 is 0. The number of fused-ring (bicyclic) bond motifs is 1. The molecule has 0 aliphatic carbocycles. The predicted molar refractivity (Wildman–Crippen MR) is 78.9 cm³/mol. The van der Waals surface area contributed by atoms with E-state index in [1.807, 2.05) is 12.1 Å². The van der Waals surface area contributed by atoms with E-state index in [0.717, 1.165) is 30.6 Å². The van der Waals surface area contributed by atoms with Crippen molar-refractivity contribution in [3.05, 3.63) is 29.3 Å². The highest BCUT2D eigenvalue weighted by atomic mass is 16.2. The summed E-state index contributed by atoms with van der Waals surface area (Å²) < 4.78 is 0. The van der Waals surface area contributed by atoms with Crippen LogP contribution in [-0.2, 0) is 11.2 Å². The van der Waals surface area contributed by atoms with E-state index in [1.54, 1.807) is 27.1 Å². The second kappa shape index (κ2) is 5.94. The summed E-state index contributed by atoms with van der Waals surface area (Å²) in [5.41, 5.74) is 2.68. The van der Waals surface area contributed by atoms with Crippen molar-refractivity contribution in [1.29, 1.82) is 0 Å². The van der Waals surface area contributed by atoms with Crippen molar-refractivity contribution in [2.45, 2.75) is 25.8 Å². The van der Waals surface area contributed by atoms with Gasteiger partial charge in [-0.15, -0.1) is 0 Å². The quantitative estimate of drug-likeness (QED) is 0.873. The van der Waals surface area contributed by atoms with Crippen LogP contribution in [0.3, 0.4) is 0 Å². The molecule has 0 fully saturated rings. The SMILES string of the molecule is CC(NC(=O)c1cccc2c1NCCC2)C(=O)N(C)C. The molecule has 1 aromatic carbocycles. The summed E-state index contributed by atoms with van der Waals surface area (Å²) in [6.45, 7) is 2.58. The maximum atomic E-state index is 12.3. The first-order valence-electron chi connectivity index (χ1n) is 6.88. The fourth-order valence-corrected chi connectivity index (χ4v) is 2.42. The van der Waals surface area contributed by atoms with E-state index in [-0.39, 0.29) is 11.8 Å². The minimum absolute atomic E-state index is 0.115. The van der Waals surface area contributed by atoms with Gasteiger partial charge in [-0.05, 0) is 31.4 Å². The van der Waals surface area contributed by atoms with Gasteiger partial charge in [0.25, 0.3) is 5.91 Å². The van der Waals surface area contributed by atoms with Crippen LogP contribution >= 0.6 is 0 Å². The molecule has 108 valence electrons. The van der Waals surface area contributed by atoms with Crippen LogP contribution in [-0.4, -0.2) is 43.4 Å². The Kier molecular flexibility index (Phi) is 4.27. The zero-order valence-electron chi connectivity index (χ0n) is 12.2. The Morgan fingerprint density at radius 3 is 2.80 bits per heavy atom. The van der Waals surface area contributed by atoms with E-state index in [0.29, 0.717) is 5.56 Å². The summed E-state index contributed by atoms with van der Waals surface area (Å²) in [6, 6.07) is 5.18. The lowest BCUT2D eigenvalue weighted by atomic mass is 9.99. The number of rotatable bonds is 3. The molecule has 1 atom stereocenters. The van der Waals surface area contributed by atoms with Crippen LogP contribution in [0.1, 0.15) is 29.3 Å². The molecule has 2 N–H and O–H groups in total. The number of carbonyl (C=O) groups excluding carboxylic acids is 2. The highest BCUT2D eigenvalue weighted by Gasteiger charge is 2.21. The molecule has 2 amide bonds. The van der Waals surface area contributed by atoms with Crippen LogP contribution in [0.15, 0.2) is 18.2 Å². The molecule has 0 bridgehead atoms. The first-order valence-corrected chi connectivity index (χ1v) is 6.88. The van der Waals surface area contributed by atoms with Crippen molar-refractivity contribution in [3.8, 4) is 0 Å². The summed E-state index contributed by atoms with van der Waals surface area (Å²) in [5.74, 6) is -0.324. The van der Waals surface area contributed by atoms with Crippen LogP contribution in [0.4, 0.5) is 5.69 Å². The Bertz CT molecular complexity index is 526. The molecular weight excluding hydrogens is 254 g/mol. The molecule has 5 heteroatoms. The van der Waals surface area contributed by atoms with E-state index in [2.05, 4.69) is 10.6 Å². The van der Waals surface area contributed by atoms with Gasteiger partial charge in [-0.25, -0.2) is 0 Å². The van der Waals surface area contributed by atoms with Crippen LogP contribution in [0, 0.1) is 0 Å². The highest BCUT2D eigenvalue weighted by molar-refractivity contribution is 6.02. The minimum atomic E-state index is -0.531. The fraction of sp³-hybridized carbons (Fsp3) is 0.467. The Labute approximate surface area is 119 Å². The molecule has 1 aromatic rings. The Balaban J connectivity index is 2.16. The standard InChI is InChI=1S/C15H21N3O2/c1-10(15(20)18(2)3)17-14(19)12-8-4-6-11-7-5-9-16-13(11)12/h4,6,8,10,16H,5,7,9H2,1-3H3,(H,17,19). The van der Waals surface area contributed by atoms with E-state index in [9.17, 15) is 9.59 Å². The Hall–Kier alpha value is -2.04. The zero-order chi connectivity index (χ0) is 14.7. The van der Waals surface area contributed by atoms with Gasteiger partial charge in [0.15, 0.2) is 0 Å². The van der Waals surface area contributed by atoms with Crippen LogP contribution in [0.2, 0.25) is 0 Å².